The van der Waals surface area contributed by atoms with Crippen LogP contribution in [0.25, 0.3) is 0 Å². The molecule has 0 atom stereocenters. The van der Waals surface area contributed by atoms with Crippen LogP contribution in [0, 0.1) is 5.82 Å². The Morgan fingerprint density at radius 2 is 2.06 bits per heavy atom. The number of nitrogen functional groups attached to an aromatic ring is 1. The quantitative estimate of drug-likeness (QED) is 0.905. The Labute approximate surface area is 109 Å². The van der Waals surface area contributed by atoms with Gasteiger partial charge in [0.1, 0.15) is 5.82 Å². The number of benzene rings is 1. The summed E-state index contributed by atoms with van der Waals surface area (Å²) >= 11 is 6.59. The fraction of sp³-hybridized carbons (Fsp3) is 0.100. The van der Waals surface area contributed by atoms with Gasteiger partial charge in [-0.2, -0.15) is 5.10 Å². The third-order valence-electron chi connectivity index (χ3n) is 2.09. The van der Waals surface area contributed by atoms with Crippen molar-refractivity contribution in [2.45, 2.75) is 6.54 Å². The van der Waals surface area contributed by atoms with E-state index in [1.165, 1.54) is 12.1 Å². The lowest BCUT2D eigenvalue weighted by atomic mass is 10.2. The maximum Gasteiger partial charge on any atom is 0.159 e. The highest BCUT2D eigenvalue weighted by atomic mass is 79.9. The first-order valence-corrected chi connectivity index (χ1v) is 6.07. The molecular weight excluding hydrogens is 341 g/mol. The summed E-state index contributed by atoms with van der Waals surface area (Å²) in [5, 5.41) is 4.10. The zero-order valence-electron chi connectivity index (χ0n) is 8.12. The number of aromatic nitrogens is 2. The molecule has 0 unspecified atom stereocenters. The third-order valence-corrected chi connectivity index (χ3v) is 3.44. The molecule has 16 heavy (non-hydrogen) atoms. The SMILES string of the molecule is Nc1nn(Cc2ccc(F)cc2Br)cc1Br. The minimum atomic E-state index is -0.267. The van der Waals surface area contributed by atoms with E-state index in [0.29, 0.717) is 12.4 Å². The van der Waals surface area contributed by atoms with Gasteiger partial charge in [0.05, 0.1) is 11.0 Å². The van der Waals surface area contributed by atoms with E-state index in [1.807, 2.05) is 0 Å². The second-order valence-electron chi connectivity index (χ2n) is 3.30. The van der Waals surface area contributed by atoms with E-state index in [2.05, 4.69) is 37.0 Å². The Hall–Kier alpha value is -0.880. The Balaban J connectivity index is 2.27. The van der Waals surface area contributed by atoms with Crippen LogP contribution in [0.3, 0.4) is 0 Å². The summed E-state index contributed by atoms with van der Waals surface area (Å²) in [4.78, 5) is 0. The van der Waals surface area contributed by atoms with Gasteiger partial charge in [-0.05, 0) is 33.6 Å². The van der Waals surface area contributed by atoms with Gasteiger partial charge in [-0.3, -0.25) is 4.68 Å². The van der Waals surface area contributed by atoms with Crippen molar-refractivity contribution in [3.8, 4) is 0 Å². The second-order valence-corrected chi connectivity index (χ2v) is 5.00. The molecule has 0 fully saturated rings. The van der Waals surface area contributed by atoms with E-state index >= 15 is 0 Å². The molecule has 1 heterocycles. The fourth-order valence-corrected chi connectivity index (χ4v) is 2.11. The lowest BCUT2D eigenvalue weighted by molar-refractivity contribution is 0.623. The number of hydrogen-bond donors (Lipinski definition) is 1. The molecule has 0 aliphatic rings. The first-order valence-electron chi connectivity index (χ1n) is 4.48. The Morgan fingerprint density at radius 3 is 2.62 bits per heavy atom. The molecule has 2 rings (SSSR count). The lowest BCUT2D eigenvalue weighted by Gasteiger charge is -2.04. The minimum absolute atomic E-state index is 0.267. The number of rotatable bonds is 2. The zero-order valence-corrected chi connectivity index (χ0v) is 11.3. The highest BCUT2D eigenvalue weighted by Gasteiger charge is 2.06. The van der Waals surface area contributed by atoms with E-state index < -0.39 is 0 Å². The molecule has 0 radical (unpaired) electrons. The zero-order chi connectivity index (χ0) is 11.7. The van der Waals surface area contributed by atoms with Gasteiger partial charge in [0.15, 0.2) is 5.82 Å². The molecule has 0 amide bonds. The molecule has 1 aromatic carbocycles. The Bertz CT molecular complexity index is 505. The molecule has 0 bridgehead atoms. The van der Waals surface area contributed by atoms with Gasteiger partial charge in [-0.25, -0.2) is 4.39 Å². The van der Waals surface area contributed by atoms with Crippen molar-refractivity contribution < 1.29 is 4.39 Å². The van der Waals surface area contributed by atoms with Crippen molar-refractivity contribution in [2.75, 3.05) is 5.73 Å². The smallest absolute Gasteiger partial charge is 0.159 e. The van der Waals surface area contributed by atoms with E-state index in [4.69, 9.17) is 5.73 Å². The molecule has 2 aromatic rings. The van der Waals surface area contributed by atoms with Crippen molar-refractivity contribution in [1.82, 2.24) is 9.78 Å². The topological polar surface area (TPSA) is 43.8 Å². The summed E-state index contributed by atoms with van der Waals surface area (Å²) < 4.78 is 16.0. The molecule has 6 heteroatoms. The van der Waals surface area contributed by atoms with E-state index in [-0.39, 0.29) is 5.82 Å². The standard InChI is InChI=1S/C10H8Br2FN3/c11-8-3-7(13)2-1-6(8)4-16-5-9(12)10(14)15-16/h1-3,5H,4H2,(H2,14,15). The van der Waals surface area contributed by atoms with Gasteiger partial charge < -0.3 is 5.73 Å². The van der Waals surface area contributed by atoms with Crippen LogP contribution in [0.4, 0.5) is 10.2 Å². The molecule has 0 aliphatic heterocycles. The molecule has 0 saturated heterocycles. The van der Waals surface area contributed by atoms with Crippen LogP contribution in [0.15, 0.2) is 33.3 Å². The van der Waals surface area contributed by atoms with Crippen LogP contribution in [0.2, 0.25) is 0 Å². The van der Waals surface area contributed by atoms with Gasteiger partial charge >= 0.3 is 0 Å². The molecule has 1 aromatic heterocycles. The maximum absolute atomic E-state index is 12.9. The first kappa shape index (κ1) is 11.6. The molecule has 2 N–H and O–H groups in total. The fourth-order valence-electron chi connectivity index (χ4n) is 1.32. The van der Waals surface area contributed by atoms with Gasteiger partial charge in [-0.1, -0.05) is 22.0 Å². The van der Waals surface area contributed by atoms with Crippen LogP contribution >= 0.6 is 31.9 Å². The Kier molecular flexibility index (Phi) is 3.30. The predicted octanol–water partition coefficient (Wildman–Crippen LogP) is 3.18. The van der Waals surface area contributed by atoms with Gasteiger partial charge in [0, 0.05) is 10.7 Å². The lowest BCUT2D eigenvalue weighted by Crippen LogP contribution is -2.02. The summed E-state index contributed by atoms with van der Waals surface area (Å²) in [7, 11) is 0. The monoisotopic (exact) mass is 347 g/mol. The highest BCUT2D eigenvalue weighted by molar-refractivity contribution is 9.10. The third kappa shape index (κ3) is 2.44. The number of nitrogens with two attached hydrogens (primary N) is 1. The largest absolute Gasteiger partial charge is 0.381 e. The molecule has 3 nitrogen and oxygen atoms in total. The average molecular weight is 349 g/mol. The number of nitrogens with zero attached hydrogens (tertiary/aromatic N) is 2. The van der Waals surface area contributed by atoms with Gasteiger partial charge in [0.2, 0.25) is 0 Å². The highest BCUT2D eigenvalue weighted by Crippen LogP contribution is 2.21. The van der Waals surface area contributed by atoms with Gasteiger partial charge in [0.25, 0.3) is 0 Å². The molecular formula is C10H8Br2FN3. The maximum atomic E-state index is 12.9. The van der Waals surface area contributed by atoms with Crippen molar-refractivity contribution in [3.63, 3.8) is 0 Å². The first-order chi connectivity index (χ1) is 7.56. The Morgan fingerprint density at radius 1 is 1.31 bits per heavy atom. The normalized spacial score (nSPS) is 10.7. The van der Waals surface area contributed by atoms with Crippen LogP contribution in [-0.4, -0.2) is 9.78 Å². The van der Waals surface area contributed by atoms with Crippen molar-refractivity contribution in [3.05, 3.63) is 44.7 Å². The van der Waals surface area contributed by atoms with Crippen molar-refractivity contribution in [1.29, 1.82) is 0 Å². The van der Waals surface area contributed by atoms with E-state index in [1.54, 1.807) is 16.9 Å². The summed E-state index contributed by atoms with van der Waals surface area (Å²) in [5.74, 6) is 0.176. The summed E-state index contributed by atoms with van der Waals surface area (Å²) in [6.07, 6.45) is 1.78. The molecule has 0 spiro atoms. The predicted molar refractivity (Wildman–Crippen MR) is 67.5 cm³/mol. The molecule has 84 valence electrons. The van der Waals surface area contributed by atoms with Crippen molar-refractivity contribution in [2.24, 2.45) is 0 Å². The summed E-state index contributed by atoms with van der Waals surface area (Å²) in [5.41, 5.74) is 6.55. The summed E-state index contributed by atoms with van der Waals surface area (Å²) in [6, 6.07) is 4.56. The van der Waals surface area contributed by atoms with Crippen LogP contribution in [0.5, 0.6) is 0 Å². The average Bonchev–Trinajstić information content (AvgIpc) is 2.51. The van der Waals surface area contributed by atoms with E-state index in [9.17, 15) is 4.39 Å². The summed E-state index contributed by atoms with van der Waals surface area (Å²) in [6.45, 7) is 0.538. The van der Waals surface area contributed by atoms with Crippen LogP contribution in [0.1, 0.15) is 5.56 Å². The van der Waals surface area contributed by atoms with Crippen molar-refractivity contribution >= 4 is 37.7 Å². The number of anilines is 1. The van der Waals surface area contributed by atoms with Gasteiger partial charge in [-0.15, -0.1) is 0 Å². The number of hydrogen-bond acceptors (Lipinski definition) is 2. The second kappa shape index (κ2) is 4.55. The van der Waals surface area contributed by atoms with E-state index in [0.717, 1.165) is 14.5 Å². The molecule has 0 aliphatic carbocycles. The minimum Gasteiger partial charge on any atom is -0.381 e. The van der Waals surface area contributed by atoms with Crippen LogP contribution in [-0.2, 0) is 6.54 Å². The number of halogens is 3. The van der Waals surface area contributed by atoms with Crippen LogP contribution < -0.4 is 5.73 Å². The molecule has 0 saturated carbocycles.